The predicted octanol–water partition coefficient (Wildman–Crippen LogP) is 4.61. The Morgan fingerprint density at radius 2 is 1.64 bits per heavy atom. The predicted molar refractivity (Wildman–Crippen MR) is 105 cm³/mol. The molecule has 0 aliphatic rings. The van der Waals surface area contributed by atoms with Gasteiger partial charge < -0.3 is 14.2 Å². The average molecular weight is 376 g/mol. The first-order valence-electron chi connectivity index (χ1n) is 8.74. The van der Waals surface area contributed by atoms with E-state index in [1.807, 2.05) is 36.4 Å². The number of carbonyl (C=O) groups is 2. The second-order valence-corrected chi connectivity index (χ2v) is 6.09. The Morgan fingerprint density at radius 1 is 1.00 bits per heavy atom. The van der Waals surface area contributed by atoms with E-state index >= 15 is 0 Å². The zero-order valence-electron chi connectivity index (χ0n) is 15.7. The number of hydrogen-bond donors (Lipinski definition) is 0. The topological polar surface area (TPSA) is 61.8 Å². The van der Waals surface area contributed by atoms with Gasteiger partial charge in [-0.1, -0.05) is 48.5 Å². The van der Waals surface area contributed by atoms with Gasteiger partial charge in [0.15, 0.2) is 6.29 Å². The first kappa shape index (κ1) is 19.2. The van der Waals surface area contributed by atoms with Gasteiger partial charge in [0.1, 0.15) is 29.4 Å². The summed E-state index contributed by atoms with van der Waals surface area (Å²) in [6.45, 7) is 1.94. The molecule has 3 aromatic carbocycles. The van der Waals surface area contributed by atoms with E-state index in [1.54, 1.807) is 31.2 Å². The summed E-state index contributed by atoms with van der Waals surface area (Å²) in [4.78, 5) is 24.4. The summed E-state index contributed by atoms with van der Waals surface area (Å²) in [7, 11) is 1.45. The van der Waals surface area contributed by atoms with Gasteiger partial charge >= 0.3 is 5.97 Å². The summed E-state index contributed by atoms with van der Waals surface area (Å²) in [5.41, 5.74) is 1.95. The SMILES string of the molecule is COc1c(C=O)cc(OCc2ccccc2)c(C(=O)Oc2ccccc2)c1C. The quantitative estimate of drug-likeness (QED) is 0.342. The van der Waals surface area contributed by atoms with Crippen LogP contribution in [0, 0.1) is 6.92 Å². The summed E-state index contributed by atoms with van der Waals surface area (Å²) in [6, 6.07) is 19.8. The van der Waals surface area contributed by atoms with Crippen LogP contribution in [0.25, 0.3) is 0 Å². The second kappa shape index (κ2) is 8.86. The van der Waals surface area contributed by atoms with E-state index in [2.05, 4.69) is 0 Å². The number of benzene rings is 3. The Hall–Kier alpha value is -3.60. The van der Waals surface area contributed by atoms with Gasteiger partial charge in [0.25, 0.3) is 0 Å². The number of esters is 1. The van der Waals surface area contributed by atoms with E-state index in [1.165, 1.54) is 13.2 Å². The maximum absolute atomic E-state index is 12.9. The van der Waals surface area contributed by atoms with Crippen LogP contribution < -0.4 is 14.2 Å². The van der Waals surface area contributed by atoms with Crippen LogP contribution in [0.2, 0.25) is 0 Å². The third-order valence-corrected chi connectivity index (χ3v) is 4.24. The Kier molecular flexibility index (Phi) is 6.07. The molecular weight excluding hydrogens is 356 g/mol. The number of methoxy groups -OCH3 is 1. The van der Waals surface area contributed by atoms with Crippen molar-refractivity contribution in [2.45, 2.75) is 13.5 Å². The van der Waals surface area contributed by atoms with Crippen molar-refractivity contribution in [2.75, 3.05) is 7.11 Å². The standard InChI is InChI=1S/C23H20O5/c1-16-21(23(25)28-19-11-7-4-8-12-19)20(13-18(14-24)22(16)26-2)27-15-17-9-5-3-6-10-17/h3-14H,15H2,1-2H3. The molecule has 3 rings (SSSR count). The molecule has 0 saturated carbocycles. The summed E-state index contributed by atoms with van der Waals surface area (Å²) in [6.07, 6.45) is 0.674. The molecule has 0 fully saturated rings. The number of rotatable bonds is 7. The number of aldehydes is 1. The fourth-order valence-corrected chi connectivity index (χ4v) is 2.90. The number of carbonyl (C=O) groups excluding carboxylic acids is 2. The van der Waals surface area contributed by atoms with Crippen molar-refractivity contribution in [1.82, 2.24) is 0 Å². The highest BCUT2D eigenvalue weighted by atomic mass is 16.5. The molecular formula is C23H20O5. The van der Waals surface area contributed by atoms with Crippen LogP contribution in [0.4, 0.5) is 0 Å². The molecule has 142 valence electrons. The maximum atomic E-state index is 12.9. The number of hydrogen-bond acceptors (Lipinski definition) is 5. The maximum Gasteiger partial charge on any atom is 0.347 e. The van der Waals surface area contributed by atoms with E-state index in [9.17, 15) is 9.59 Å². The van der Waals surface area contributed by atoms with Crippen LogP contribution in [0.1, 0.15) is 31.8 Å². The van der Waals surface area contributed by atoms with Crippen molar-refractivity contribution >= 4 is 12.3 Å². The van der Waals surface area contributed by atoms with Crippen molar-refractivity contribution in [3.63, 3.8) is 0 Å². The van der Waals surface area contributed by atoms with E-state index < -0.39 is 5.97 Å². The van der Waals surface area contributed by atoms with Crippen LogP contribution in [0.5, 0.6) is 17.2 Å². The average Bonchev–Trinajstić information content (AvgIpc) is 2.73. The highest BCUT2D eigenvalue weighted by molar-refractivity contribution is 5.98. The fraction of sp³-hybridized carbons (Fsp3) is 0.130. The molecule has 3 aromatic rings. The van der Waals surface area contributed by atoms with E-state index in [0.717, 1.165) is 5.56 Å². The molecule has 0 N–H and O–H groups in total. The molecule has 0 saturated heterocycles. The van der Waals surface area contributed by atoms with E-state index in [4.69, 9.17) is 14.2 Å². The summed E-state index contributed by atoms with van der Waals surface area (Å²) >= 11 is 0. The summed E-state index contributed by atoms with van der Waals surface area (Å²) < 4.78 is 16.7. The first-order valence-corrected chi connectivity index (χ1v) is 8.74. The van der Waals surface area contributed by atoms with Crippen molar-refractivity contribution in [3.8, 4) is 17.2 Å². The minimum absolute atomic E-state index is 0.224. The van der Waals surface area contributed by atoms with Gasteiger partial charge in [0, 0.05) is 5.56 Å². The first-order chi connectivity index (χ1) is 13.6. The van der Waals surface area contributed by atoms with Gasteiger partial charge in [0.2, 0.25) is 0 Å². The van der Waals surface area contributed by atoms with Gasteiger partial charge in [-0.3, -0.25) is 4.79 Å². The molecule has 0 unspecified atom stereocenters. The largest absolute Gasteiger partial charge is 0.496 e. The molecule has 5 heteroatoms. The van der Waals surface area contributed by atoms with Crippen LogP contribution >= 0.6 is 0 Å². The molecule has 0 bridgehead atoms. The minimum Gasteiger partial charge on any atom is -0.496 e. The highest BCUT2D eigenvalue weighted by Crippen LogP contribution is 2.34. The lowest BCUT2D eigenvalue weighted by Gasteiger charge is -2.17. The van der Waals surface area contributed by atoms with Gasteiger partial charge in [-0.05, 0) is 30.7 Å². The molecule has 0 spiro atoms. The van der Waals surface area contributed by atoms with Crippen LogP contribution in [-0.2, 0) is 6.61 Å². The van der Waals surface area contributed by atoms with Gasteiger partial charge in [-0.2, -0.15) is 0 Å². The summed E-state index contributed by atoms with van der Waals surface area (Å²) in [5.74, 6) is 0.425. The van der Waals surface area contributed by atoms with Gasteiger partial charge in [-0.15, -0.1) is 0 Å². The van der Waals surface area contributed by atoms with Crippen molar-refractivity contribution in [3.05, 3.63) is 89.0 Å². The normalized spacial score (nSPS) is 10.2. The second-order valence-electron chi connectivity index (χ2n) is 6.09. The Bertz CT molecular complexity index is 965. The van der Waals surface area contributed by atoms with Crippen molar-refractivity contribution in [2.24, 2.45) is 0 Å². The molecule has 0 radical (unpaired) electrons. The molecule has 0 amide bonds. The van der Waals surface area contributed by atoms with Gasteiger partial charge in [-0.25, -0.2) is 4.79 Å². The highest BCUT2D eigenvalue weighted by Gasteiger charge is 2.24. The van der Waals surface area contributed by atoms with E-state index in [0.29, 0.717) is 28.9 Å². The fourth-order valence-electron chi connectivity index (χ4n) is 2.90. The monoisotopic (exact) mass is 376 g/mol. The Labute approximate surface area is 163 Å². The number of para-hydroxylation sites is 1. The molecule has 5 nitrogen and oxygen atoms in total. The molecule has 0 atom stereocenters. The molecule has 0 aromatic heterocycles. The molecule has 0 aliphatic heterocycles. The lowest BCUT2D eigenvalue weighted by molar-refractivity contribution is 0.0728. The summed E-state index contributed by atoms with van der Waals surface area (Å²) in [5, 5.41) is 0. The Morgan fingerprint density at radius 3 is 2.25 bits per heavy atom. The van der Waals surface area contributed by atoms with Crippen LogP contribution in [0.15, 0.2) is 66.7 Å². The zero-order chi connectivity index (χ0) is 19.9. The van der Waals surface area contributed by atoms with Crippen molar-refractivity contribution < 1.29 is 23.8 Å². The third-order valence-electron chi connectivity index (χ3n) is 4.24. The third kappa shape index (κ3) is 4.20. The smallest absolute Gasteiger partial charge is 0.347 e. The zero-order valence-corrected chi connectivity index (χ0v) is 15.7. The molecule has 0 aliphatic carbocycles. The van der Waals surface area contributed by atoms with Crippen LogP contribution in [-0.4, -0.2) is 19.4 Å². The van der Waals surface area contributed by atoms with E-state index in [-0.39, 0.29) is 17.9 Å². The lowest BCUT2D eigenvalue weighted by atomic mass is 10.0. The minimum atomic E-state index is -0.581. The lowest BCUT2D eigenvalue weighted by Crippen LogP contribution is -2.14. The number of ether oxygens (including phenoxy) is 3. The van der Waals surface area contributed by atoms with Gasteiger partial charge in [0.05, 0.1) is 12.7 Å². The van der Waals surface area contributed by atoms with Crippen LogP contribution in [0.3, 0.4) is 0 Å². The molecule has 28 heavy (non-hydrogen) atoms. The molecule has 0 heterocycles. The van der Waals surface area contributed by atoms with Crippen molar-refractivity contribution in [1.29, 1.82) is 0 Å². The Balaban J connectivity index is 1.99.